The number of carbonyl (C=O) groups is 2. The number of morpholine rings is 1. The van der Waals surface area contributed by atoms with E-state index in [4.69, 9.17) is 4.74 Å². The molecule has 5 heterocycles. The van der Waals surface area contributed by atoms with Gasteiger partial charge in [-0.1, -0.05) is 0 Å². The highest BCUT2D eigenvalue weighted by Gasteiger charge is 2.39. The van der Waals surface area contributed by atoms with Crippen molar-refractivity contribution in [3.8, 4) is 0 Å². The van der Waals surface area contributed by atoms with Gasteiger partial charge in [0.25, 0.3) is 18.2 Å². The normalized spacial score (nSPS) is 21.5. The number of halogens is 2. The minimum absolute atomic E-state index is 0.106. The Kier molecular flexibility index (Phi) is 4.15. The summed E-state index contributed by atoms with van der Waals surface area (Å²) in [7, 11) is 0. The number of nitrogens with one attached hydrogen (secondary N) is 2. The summed E-state index contributed by atoms with van der Waals surface area (Å²) in [5.41, 5.74) is 0.779. The van der Waals surface area contributed by atoms with Crippen LogP contribution in [0.1, 0.15) is 44.7 Å². The van der Waals surface area contributed by atoms with Gasteiger partial charge in [0.1, 0.15) is 11.4 Å². The van der Waals surface area contributed by atoms with Crippen molar-refractivity contribution >= 4 is 29.0 Å². The number of alkyl halides is 2. The van der Waals surface area contributed by atoms with E-state index in [1.807, 2.05) is 6.07 Å². The fourth-order valence-corrected chi connectivity index (χ4v) is 4.63. The molecule has 3 aliphatic heterocycles. The number of amides is 2. The molecule has 3 aliphatic rings. The molecule has 0 saturated carbocycles. The molecule has 2 saturated heterocycles. The average Bonchev–Trinajstić information content (AvgIpc) is 3.56. The van der Waals surface area contributed by atoms with Crippen LogP contribution in [-0.4, -0.2) is 51.7 Å². The summed E-state index contributed by atoms with van der Waals surface area (Å²) in [6.45, 7) is 1.57. The van der Waals surface area contributed by atoms with Gasteiger partial charge >= 0.3 is 0 Å². The molecule has 32 heavy (non-hydrogen) atoms. The Labute approximate surface area is 180 Å². The van der Waals surface area contributed by atoms with Gasteiger partial charge in [-0.3, -0.25) is 9.59 Å². The lowest BCUT2D eigenvalue weighted by Gasteiger charge is -2.27. The molecule has 0 spiro atoms. The number of hydrogen-bond donors (Lipinski definition) is 2. The third-order valence-corrected chi connectivity index (χ3v) is 6.24. The van der Waals surface area contributed by atoms with Gasteiger partial charge in [0.15, 0.2) is 5.65 Å². The number of rotatable bonds is 4. The highest BCUT2D eigenvalue weighted by Crippen LogP contribution is 2.33. The first-order valence-electron chi connectivity index (χ1n) is 10.2. The highest BCUT2D eigenvalue weighted by atomic mass is 19.3. The topological polar surface area (TPSA) is 101 Å². The number of hydrogen-bond acceptors (Lipinski definition) is 6. The molecule has 2 N–H and O–H groups in total. The van der Waals surface area contributed by atoms with Crippen molar-refractivity contribution in [2.45, 2.75) is 31.5 Å². The van der Waals surface area contributed by atoms with Crippen LogP contribution in [0.3, 0.4) is 0 Å². The first-order chi connectivity index (χ1) is 15.5. The summed E-state index contributed by atoms with van der Waals surface area (Å²) < 4.78 is 34.4. The molecule has 164 valence electrons. The third-order valence-electron chi connectivity index (χ3n) is 6.24. The molecule has 2 amide bonds. The van der Waals surface area contributed by atoms with Crippen molar-refractivity contribution in [3.05, 3.63) is 52.8 Å². The highest BCUT2D eigenvalue weighted by molar-refractivity contribution is 6.09. The second-order valence-electron chi connectivity index (χ2n) is 8.14. The van der Waals surface area contributed by atoms with Crippen LogP contribution in [0.15, 0.2) is 30.6 Å². The number of fused-ring (bicyclic) bond motifs is 4. The Morgan fingerprint density at radius 1 is 1.34 bits per heavy atom. The van der Waals surface area contributed by atoms with Crippen LogP contribution in [0.25, 0.3) is 5.65 Å². The maximum atomic E-state index is 13.6. The van der Waals surface area contributed by atoms with E-state index < -0.39 is 12.3 Å². The van der Waals surface area contributed by atoms with Gasteiger partial charge < -0.3 is 20.3 Å². The molecule has 2 fully saturated rings. The summed E-state index contributed by atoms with van der Waals surface area (Å²) in [4.78, 5) is 31.8. The van der Waals surface area contributed by atoms with E-state index in [9.17, 15) is 18.4 Å². The number of benzene rings is 1. The smallest absolute Gasteiger partial charge is 0.265 e. The maximum absolute atomic E-state index is 13.6. The Morgan fingerprint density at radius 3 is 2.97 bits per heavy atom. The predicted molar refractivity (Wildman–Crippen MR) is 109 cm³/mol. The fourth-order valence-electron chi connectivity index (χ4n) is 4.63. The van der Waals surface area contributed by atoms with E-state index in [2.05, 4.69) is 25.6 Å². The summed E-state index contributed by atoms with van der Waals surface area (Å²) in [5, 5.41) is 9.28. The lowest BCUT2D eigenvalue weighted by Crippen LogP contribution is -2.37. The molecular weight excluding hydrogens is 422 g/mol. The van der Waals surface area contributed by atoms with E-state index >= 15 is 0 Å². The van der Waals surface area contributed by atoms with Crippen LogP contribution in [0.5, 0.6) is 0 Å². The fraction of sp³-hybridized carbons (Fsp3) is 0.333. The number of ether oxygens (including phenoxy) is 1. The largest absolute Gasteiger partial charge is 0.374 e. The van der Waals surface area contributed by atoms with Crippen LogP contribution in [0, 0.1) is 0 Å². The number of nitrogens with zero attached hydrogens (tertiary/aromatic N) is 4. The van der Waals surface area contributed by atoms with E-state index in [1.165, 1.54) is 22.8 Å². The van der Waals surface area contributed by atoms with Crippen molar-refractivity contribution in [1.29, 1.82) is 0 Å². The number of carbonyl (C=O) groups excluding carboxylic acids is 2. The zero-order valence-electron chi connectivity index (χ0n) is 16.7. The Bertz CT molecular complexity index is 1280. The van der Waals surface area contributed by atoms with Gasteiger partial charge in [0.2, 0.25) is 0 Å². The molecule has 2 atom stereocenters. The Balaban J connectivity index is 1.34. The molecule has 11 heteroatoms. The van der Waals surface area contributed by atoms with Gasteiger partial charge in [-0.2, -0.15) is 5.10 Å². The monoisotopic (exact) mass is 440 g/mol. The van der Waals surface area contributed by atoms with Gasteiger partial charge in [-0.05, 0) is 30.2 Å². The molecular formula is C21H18F2N6O3. The van der Waals surface area contributed by atoms with Crippen molar-refractivity contribution < 1.29 is 23.1 Å². The number of anilines is 2. The third kappa shape index (κ3) is 2.92. The summed E-state index contributed by atoms with van der Waals surface area (Å²) in [6.07, 6.45) is 1.39. The second kappa shape index (κ2) is 6.95. The summed E-state index contributed by atoms with van der Waals surface area (Å²) in [5.74, 6) is -0.274. The lowest BCUT2D eigenvalue weighted by atomic mass is 10.0. The van der Waals surface area contributed by atoms with Crippen LogP contribution in [0.2, 0.25) is 0 Å². The summed E-state index contributed by atoms with van der Waals surface area (Å²) >= 11 is 0. The van der Waals surface area contributed by atoms with Crippen molar-refractivity contribution in [2.75, 3.05) is 23.4 Å². The van der Waals surface area contributed by atoms with Crippen molar-refractivity contribution in [2.24, 2.45) is 0 Å². The molecule has 0 aliphatic carbocycles. The first kappa shape index (κ1) is 19.1. The quantitative estimate of drug-likeness (QED) is 0.645. The van der Waals surface area contributed by atoms with Gasteiger partial charge in [0, 0.05) is 30.4 Å². The van der Waals surface area contributed by atoms with Crippen molar-refractivity contribution in [3.63, 3.8) is 0 Å². The molecule has 0 unspecified atom stereocenters. The molecule has 2 bridgehead atoms. The zero-order valence-corrected chi connectivity index (χ0v) is 16.7. The van der Waals surface area contributed by atoms with Crippen LogP contribution < -0.4 is 15.5 Å². The predicted octanol–water partition coefficient (Wildman–Crippen LogP) is 2.14. The van der Waals surface area contributed by atoms with Gasteiger partial charge in [0.05, 0.1) is 30.6 Å². The zero-order chi connectivity index (χ0) is 22.0. The standard InChI is InChI=1S/C21H18F2N6O3/c22-18(23)14-3-10-6-24-20(30)13(10)5-16(14)26-21(31)15-7-25-29-2-1-17(27-19(15)29)28-8-12-4-11(28)9-32-12/h1-3,5,7,11-12,18H,4,6,8-9H2,(H,24,30)(H,26,31)/t11-,12-/m1/s1. The molecule has 2 aromatic heterocycles. The first-order valence-corrected chi connectivity index (χ1v) is 10.2. The van der Waals surface area contributed by atoms with E-state index in [1.54, 1.807) is 6.20 Å². The molecule has 6 rings (SSSR count). The summed E-state index contributed by atoms with van der Waals surface area (Å²) in [6, 6.07) is 4.63. The molecule has 9 nitrogen and oxygen atoms in total. The Morgan fingerprint density at radius 2 is 2.22 bits per heavy atom. The van der Waals surface area contributed by atoms with E-state index in [-0.39, 0.29) is 47.0 Å². The second-order valence-corrected chi connectivity index (χ2v) is 8.14. The lowest BCUT2D eigenvalue weighted by molar-refractivity contribution is 0.0963. The Hall–Kier alpha value is -3.60. The minimum Gasteiger partial charge on any atom is -0.374 e. The van der Waals surface area contributed by atoms with Crippen LogP contribution >= 0.6 is 0 Å². The van der Waals surface area contributed by atoms with Crippen molar-refractivity contribution in [1.82, 2.24) is 19.9 Å². The van der Waals surface area contributed by atoms with E-state index in [0.717, 1.165) is 13.0 Å². The minimum atomic E-state index is -2.81. The molecule has 3 aromatic rings. The van der Waals surface area contributed by atoms with E-state index in [0.29, 0.717) is 23.6 Å². The van der Waals surface area contributed by atoms with Gasteiger partial charge in [-0.15, -0.1) is 0 Å². The average molecular weight is 440 g/mol. The SMILES string of the molecule is O=C1NCc2cc(C(F)F)c(NC(=O)c3cnn4ccc(N5C[C@H]6C[C@@H]5CO6)nc34)cc21. The van der Waals surface area contributed by atoms with Crippen LogP contribution in [0.4, 0.5) is 20.3 Å². The number of aromatic nitrogens is 3. The molecule has 1 aromatic carbocycles. The van der Waals surface area contributed by atoms with Crippen LogP contribution in [-0.2, 0) is 11.3 Å². The maximum Gasteiger partial charge on any atom is 0.265 e. The van der Waals surface area contributed by atoms with Gasteiger partial charge in [-0.25, -0.2) is 18.3 Å². The molecule has 0 radical (unpaired) electrons.